The lowest BCUT2D eigenvalue weighted by Gasteiger charge is -2.31. The van der Waals surface area contributed by atoms with Gasteiger partial charge in [0.05, 0.1) is 24.7 Å². The third-order valence-corrected chi connectivity index (χ3v) is 4.47. The van der Waals surface area contributed by atoms with Crippen LogP contribution >= 0.6 is 0 Å². The van der Waals surface area contributed by atoms with Crippen LogP contribution in [0.3, 0.4) is 0 Å². The zero-order chi connectivity index (χ0) is 18.9. The van der Waals surface area contributed by atoms with Crippen LogP contribution in [0.5, 0.6) is 5.75 Å². The van der Waals surface area contributed by atoms with Crippen LogP contribution in [0.25, 0.3) is 0 Å². The molecular formula is C17H20F3N3O3. The first-order chi connectivity index (χ1) is 12.2. The van der Waals surface area contributed by atoms with Crippen molar-refractivity contribution in [3.63, 3.8) is 0 Å². The normalized spacial score (nSPS) is 24.5. The molecule has 1 aromatic carbocycles. The van der Waals surface area contributed by atoms with E-state index in [4.69, 9.17) is 0 Å². The van der Waals surface area contributed by atoms with E-state index in [0.717, 1.165) is 12.8 Å². The summed E-state index contributed by atoms with van der Waals surface area (Å²) in [5.74, 6) is -0.429. The summed E-state index contributed by atoms with van der Waals surface area (Å²) in [4.78, 5) is 24.2. The van der Waals surface area contributed by atoms with Crippen LogP contribution in [0.2, 0.25) is 0 Å². The Morgan fingerprint density at radius 1 is 1.27 bits per heavy atom. The predicted octanol–water partition coefficient (Wildman–Crippen LogP) is 1.98. The molecule has 142 valence electrons. The molecule has 0 spiro atoms. The van der Waals surface area contributed by atoms with Crippen molar-refractivity contribution in [2.45, 2.75) is 50.8 Å². The standard InChI is InChI=1S/C17H20F3N3O3/c1-9(10-4-6-12(7-5-10)26-17(18,19)20)21-16(25)13-8-14(24)23-15(22-13)11-2-3-11/h4-7,9,11,13,15,22H,2-3,8H2,1H3,(H,21,25)(H,23,24)/t9-,13?,15?/m1/s1. The number of nitrogens with one attached hydrogen (secondary N) is 3. The molecule has 1 heterocycles. The van der Waals surface area contributed by atoms with Crippen LogP contribution in [-0.2, 0) is 9.59 Å². The molecule has 1 saturated heterocycles. The molecule has 0 bridgehead atoms. The van der Waals surface area contributed by atoms with Crippen LogP contribution in [0.15, 0.2) is 24.3 Å². The van der Waals surface area contributed by atoms with Crippen molar-refractivity contribution in [2.24, 2.45) is 5.92 Å². The number of hydrogen-bond acceptors (Lipinski definition) is 4. The van der Waals surface area contributed by atoms with E-state index >= 15 is 0 Å². The third kappa shape index (κ3) is 4.87. The molecule has 9 heteroatoms. The number of alkyl halides is 3. The summed E-state index contributed by atoms with van der Waals surface area (Å²) < 4.78 is 40.4. The van der Waals surface area contributed by atoms with Crippen molar-refractivity contribution in [2.75, 3.05) is 0 Å². The highest BCUT2D eigenvalue weighted by Crippen LogP contribution is 2.32. The van der Waals surface area contributed by atoms with Crippen LogP contribution < -0.4 is 20.7 Å². The lowest BCUT2D eigenvalue weighted by molar-refractivity contribution is -0.274. The highest BCUT2D eigenvalue weighted by Gasteiger charge is 2.39. The molecular weight excluding hydrogens is 351 g/mol. The smallest absolute Gasteiger partial charge is 0.406 e. The first kappa shape index (κ1) is 18.5. The van der Waals surface area contributed by atoms with Gasteiger partial charge in [0.2, 0.25) is 11.8 Å². The minimum Gasteiger partial charge on any atom is -0.406 e. The Bertz CT molecular complexity index is 674. The highest BCUT2D eigenvalue weighted by atomic mass is 19.4. The summed E-state index contributed by atoms with van der Waals surface area (Å²) in [6, 6.07) is 4.26. The van der Waals surface area contributed by atoms with Gasteiger partial charge in [-0.3, -0.25) is 14.9 Å². The molecule has 2 fully saturated rings. The molecule has 0 aromatic heterocycles. The van der Waals surface area contributed by atoms with E-state index in [2.05, 4.69) is 20.7 Å². The number of ether oxygens (including phenoxy) is 1. The van der Waals surface area contributed by atoms with Crippen molar-refractivity contribution in [1.29, 1.82) is 0 Å². The quantitative estimate of drug-likeness (QED) is 0.740. The van der Waals surface area contributed by atoms with Crippen molar-refractivity contribution in [3.05, 3.63) is 29.8 Å². The molecule has 3 N–H and O–H groups in total. The van der Waals surface area contributed by atoms with E-state index in [1.165, 1.54) is 24.3 Å². The molecule has 2 unspecified atom stereocenters. The molecule has 3 atom stereocenters. The molecule has 1 aromatic rings. The number of benzene rings is 1. The maximum Gasteiger partial charge on any atom is 0.573 e. The fraction of sp³-hybridized carbons (Fsp3) is 0.529. The second kappa shape index (κ2) is 7.14. The Kier molecular flexibility index (Phi) is 5.08. The molecule has 26 heavy (non-hydrogen) atoms. The summed E-state index contributed by atoms with van der Waals surface area (Å²) >= 11 is 0. The SMILES string of the molecule is C[C@@H](NC(=O)C1CC(=O)NC(C2CC2)N1)c1ccc(OC(F)(F)F)cc1. The molecule has 1 aliphatic carbocycles. The number of carbonyl (C=O) groups excluding carboxylic acids is 2. The van der Waals surface area contributed by atoms with Crippen LogP contribution in [-0.4, -0.2) is 30.4 Å². The van der Waals surface area contributed by atoms with E-state index in [1.54, 1.807) is 6.92 Å². The number of hydrogen-bond donors (Lipinski definition) is 3. The summed E-state index contributed by atoms with van der Waals surface area (Å²) in [5, 5.41) is 8.77. The number of halogens is 3. The predicted molar refractivity (Wildman–Crippen MR) is 85.9 cm³/mol. The van der Waals surface area contributed by atoms with Gasteiger partial charge in [0.25, 0.3) is 0 Å². The van der Waals surface area contributed by atoms with Crippen molar-refractivity contribution in [1.82, 2.24) is 16.0 Å². The summed E-state index contributed by atoms with van der Waals surface area (Å²) in [6.45, 7) is 1.72. The van der Waals surface area contributed by atoms with Crippen molar-refractivity contribution < 1.29 is 27.5 Å². The lowest BCUT2D eigenvalue weighted by Crippen LogP contribution is -2.61. The molecule has 2 aliphatic rings. The van der Waals surface area contributed by atoms with E-state index in [-0.39, 0.29) is 30.2 Å². The molecule has 1 saturated carbocycles. The highest BCUT2D eigenvalue weighted by molar-refractivity contribution is 5.89. The van der Waals surface area contributed by atoms with E-state index in [9.17, 15) is 22.8 Å². The lowest BCUT2D eigenvalue weighted by atomic mass is 10.0. The van der Waals surface area contributed by atoms with Crippen LogP contribution in [0, 0.1) is 5.92 Å². The zero-order valence-corrected chi connectivity index (χ0v) is 14.1. The topological polar surface area (TPSA) is 79.5 Å². The van der Waals surface area contributed by atoms with Crippen LogP contribution in [0.4, 0.5) is 13.2 Å². The molecule has 2 amide bonds. The van der Waals surface area contributed by atoms with Crippen LogP contribution in [0.1, 0.15) is 37.8 Å². The Labute approximate surface area is 148 Å². The average molecular weight is 371 g/mol. The Morgan fingerprint density at radius 3 is 2.50 bits per heavy atom. The first-order valence-electron chi connectivity index (χ1n) is 8.43. The molecule has 1 aliphatic heterocycles. The minimum atomic E-state index is -4.74. The minimum absolute atomic E-state index is 0.0557. The van der Waals surface area contributed by atoms with Gasteiger partial charge in [-0.1, -0.05) is 12.1 Å². The Hall–Kier alpha value is -2.29. The fourth-order valence-electron chi connectivity index (χ4n) is 2.94. The Balaban J connectivity index is 1.57. The van der Waals surface area contributed by atoms with Gasteiger partial charge in [-0.25, -0.2) is 0 Å². The van der Waals surface area contributed by atoms with Gasteiger partial charge in [-0.2, -0.15) is 0 Å². The molecule has 3 rings (SSSR count). The van der Waals surface area contributed by atoms with Gasteiger partial charge in [-0.15, -0.1) is 13.2 Å². The maximum atomic E-state index is 12.4. The van der Waals surface area contributed by atoms with Crippen molar-refractivity contribution in [3.8, 4) is 5.75 Å². The second-order valence-electron chi connectivity index (χ2n) is 6.65. The van der Waals surface area contributed by atoms with Gasteiger partial charge < -0.3 is 15.4 Å². The molecule has 6 nitrogen and oxygen atoms in total. The number of carbonyl (C=O) groups is 2. The van der Waals surface area contributed by atoms with Gasteiger partial charge in [-0.05, 0) is 43.4 Å². The van der Waals surface area contributed by atoms with Gasteiger partial charge in [0, 0.05) is 0 Å². The monoisotopic (exact) mass is 371 g/mol. The second-order valence-corrected chi connectivity index (χ2v) is 6.65. The maximum absolute atomic E-state index is 12.4. The summed E-state index contributed by atoms with van der Waals surface area (Å²) in [5.41, 5.74) is 0.631. The molecule has 0 radical (unpaired) electrons. The van der Waals surface area contributed by atoms with Gasteiger partial charge in [0.15, 0.2) is 0 Å². The first-order valence-corrected chi connectivity index (χ1v) is 8.43. The number of rotatable bonds is 5. The number of amides is 2. The van der Waals surface area contributed by atoms with E-state index in [0.29, 0.717) is 11.5 Å². The zero-order valence-electron chi connectivity index (χ0n) is 14.1. The summed E-state index contributed by atoms with van der Waals surface area (Å²) in [6.07, 6.45) is -2.82. The fourth-order valence-corrected chi connectivity index (χ4v) is 2.94. The van der Waals surface area contributed by atoms with E-state index in [1.807, 2.05) is 0 Å². The summed E-state index contributed by atoms with van der Waals surface area (Å²) in [7, 11) is 0. The Morgan fingerprint density at radius 2 is 1.92 bits per heavy atom. The van der Waals surface area contributed by atoms with E-state index < -0.39 is 18.4 Å². The van der Waals surface area contributed by atoms with Crippen molar-refractivity contribution >= 4 is 11.8 Å². The average Bonchev–Trinajstić information content (AvgIpc) is 3.38. The largest absolute Gasteiger partial charge is 0.573 e. The third-order valence-electron chi connectivity index (χ3n) is 4.47. The van der Waals surface area contributed by atoms with Gasteiger partial charge in [0.1, 0.15) is 5.75 Å². The van der Waals surface area contributed by atoms with Gasteiger partial charge >= 0.3 is 6.36 Å².